The summed E-state index contributed by atoms with van der Waals surface area (Å²) in [6, 6.07) is 2.79. The first-order valence-electron chi connectivity index (χ1n) is 9.56. The predicted molar refractivity (Wildman–Crippen MR) is 112 cm³/mol. The molecule has 2 aliphatic carbocycles. The van der Waals surface area contributed by atoms with E-state index in [0.29, 0.717) is 11.8 Å². The van der Waals surface area contributed by atoms with Crippen molar-refractivity contribution in [3.8, 4) is 0 Å². The van der Waals surface area contributed by atoms with Gasteiger partial charge in [-0.3, -0.25) is 9.59 Å². The second kappa shape index (κ2) is 7.61. The second-order valence-corrected chi connectivity index (χ2v) is 9.75. The molecule has 0 aromatic heterocycles. The van der Waals surface area contributed by atoms with Gasteiger partial charge in [-0.15, -0.1) is 0 Å². The summed E-state index contributed by atoms with van der Waals surface area (Å²) in [5.74, 6) is 0.982. The van der Waals surface area contributed by atoms with Crippen LogP contribution >= 0.6 is 11.6 Å². The van der Waals surface area contributed by atoms with Crippen LogP contribution in [0.2, 0.25) is 5.02 Å². The van der Waals surface area contributed by atoms with Crippen LogP contribution in [0.25, 0.3) is 0 Å². The van der Waals surface area contributed by atoms with E-state index in [9.17, 15) is 23.1 Å². The van der Waals surface area contributed by atoms with Gasteiger partial charge in [-0.1, -0.05) is 11.6 Å². The summed E-state index contributed by atoms with van der Waals surface area (Å²) < 4.78 is 29.0. The lowest BCUT2D eigenvalue weighted by Gasteiger charge is -2.24. The highest BCUT2D eigenvalue weighted by molar-refractivity contribution is 7.89. The Labute approximate surface area is 177 Å². The SMILES string of the molecule is COC(O)c1c(Nc2c(NC(C3CC3)C3CC3)c(=O)c2=O)ccc(Cl)c1S(N)(=O)=O. The summed E-state index contributed by atoms with van der Waals surface area (Å²) >= 11 is 6.01. The third kappa shape index (κ3) is 3.85. The van der Waals surface area contributed by atoms with Crippen LogP contribution < -0.4 is 26.6 Å². The van der Waals surface area contributed by atoms with Gasteiger partial charge in [0.15, 0.2) is 6.29 Å². The molecule has 9 nitrogen and oxygen atoms in total. The van der Waals surface area contributed by atoms with Gasteiger partial charge in [0.1, 0.15) is 16.3 Å². The number of sulfonamides is 1. The van der Waals surface area contributed by atoms with Crippen LogP contribution in [0.1, 0.15) is 37.5 Å². The monoisotopic (exact) mass is 455 g/mol. The van der Waals surface area contributed by atoms with Gasteiger partial charge in [0.05, 0.1) is 10.6 Å². The van der Waals surface area contributed by atoms with Gasteiger partial charge in [-0.2, -0.15) is 0 Å². The summed E-state index contributed by atoms with van der Waals surface area (Å²) in [6.45, 7) is 0. The molecule has 30 heavy (non-hydrogen) atoms. The Morgan fingerprint density at radius 2 is 1.70 bits per heavy atom. The van der Waals surface area contributed by atoms with Crippen molar-refractivity contribution < 1.29 is 18.3 Å². The normalized spacial score (nSPS) is 18.0. The molecule has 0 heterocycles. The molecule has 0 amide bonds. The zero-order valence-electron chi connectivity index (χ0n) is 16.1. The third-order valence-corrected chi connectivity index (χ3v) is 7.08. The summed E-state index contributed by atoms with van der Waals surface area (Å²) in [4.78, 5) is 24.0. The van der Waals surface area contributed by atoms with Crippen LogP contribution in [0, 0.1) is 11.8 Å². The number of hydrogen-bond acceptors (Lipinski definition) is 8. The molecule has 2 fully saturated rings. The first kappa shape index (κ1) is 21.3. The number of benzene rings is 1. The number of aliphatic hydroxyl groups is 1. The molecule has 11 heteroatoms. The van der Waals surface area contributed by atoms with Gasteiger partial charge >= 0.3 is 0 Å². The second-order valence-electron chi connectivity index (χ2n) is 7.85. The molecule has 162 valence electrons. The minimum Gasteiger partial charge on any atom is -0.377 e. The Kier molecular flexibility index (Phi) is 5.39. The minimum absolute atomic E-state index is 0.0125. The fraction of sp³-hybridized carbons (Fsp3) is 0.474. The van der Waals surface area contributed by atoms with Crippen molar-refractivity contribution in [1.29, 1.82) is 0 Å². The number of methoxy groups -OCH3 is 1. The summed E-state index contributed by atoms with van der Waals surface area (Å²) in [6.07, 6.45) is 2.67. The Hall–Kier alpha value is -1.98. The molecule has 4 rings (SSSR count). The molecule has 2 aromatic rings. The van der Waals surface area contributed by atoms with Crippen molar-refractivity contribution in [2.75, 3.05) is 17.7 Å². The van der Waals surface area contributed by atoms with Crippen LogP contribution in [0.15, 0.2) is 26.6 Å². The largest absolute Gasteiger partial charge is 0.377 e. The molecule has 0 saturated heterocycles. The van der Waals surface area contributed by atoms with Gasteiger partial charge in [0.2, 0.25) is 10.0 Å². The van der Waals surface area contributed by atoms with E-state index in [-0.39, 0.29) is 33.7 Å². The minimum atomic E-state index is -4.32. The van der Waals surface area contributed by atoms with Crippen LogP contribution in [0.3, 0.4) is 0 Å². The van der Waals surface area contributed by atoms with E-state index in [1.165, 1.54) is 19.2 Å². The molecule has 5 N–H and O–H groups in total. The first-order chi connectivity index (χ1) is 14.1. The summed E-state index contributed by atoms with van der Waals surface area (Å²) in [7, 11) is -3.16. The lowest BCUT2D eigenvalue weighted by molar-refractivity contribution is -0.0782. The van der Waals surface area contributed by atoms with Gasteiger partial charge in [-0.05, 0) is 49.7 Å². The number of primary sulfonamides is 1. The maximum atomic E-state index is 12.3. The van der Waals surface area contributed by atoms with Crippen molar-refractivity contribution in [2.24, 2.45) is 17.0 Å². The van der Waals surface area contributed by atoms with Crippen molar-refractivity contribution >= 4 is 38.7 Å². The van der Waals surface area contributed by atoms with Gasteiger partial charge in [-0.25, -0.2) is 13.6 Å². The molecule has 0 aliphatic heterocycles. The van der Waals surface area contributed by atoms with Crippen molar-refractivity contribution in [3.63, 3.8) is 0 Å². The van der Waals surface area contributed by atoms with Crippen LogP contribution in [-0.2, 0) is 14.8 Å². The predicted octanol–water partition coefficient (Wildman–Crippen LogP) is 1.56. The fourth-order valence-electron chi connectivity index (χ4n) is 3.82. The van der Waals surface area contributed by atoms with E-state index < -0.39 is 32.1 Å². The number of nitrogens with one attached hydrogen (secondary N) is 2. The average Bonchev–Trinajstić information content (AvgIpc) is 3.59. The van der Waals surface area contributed by atoms with Crippen molar-refractivity contribution in [1.82, 2.24) is 0 Å². The molecule has 2 aromatic carbocycles. The molecule has 0 spiro atoms. The Morgan fingerprint density at radius 1 is 1.13 bits per heavy atom. The van der Waals surface area contributed by atoms with Crippen LogP contribution in [-0.4, -0.2) is 26.7 Å². The Balaban J connectivity index is 1.73. The van der Waals surface area contributed by atoms with Gasteiger partial charge < -0.3 is 20.5 Å². The molecular formula is C19H22ClN3O6S. The lowest BCUT2D eigenvalue weighted by atomic mass is 10.0. The molecular weight excluding hydrogens is 434 g/mol. The number of halogens is 1. The highest BCUT2D eigenvalue weighted by atomic mass is 35.5. The zero-order valence-corrected chi connectivity index (χ0v) is 17.7. The third-order valence-electron chi connectivity index (χ3n) is 5.64. The van der Waals surface area contributed by atoms with E-state index in [2.05, 4.69) is 10.6 Å². The standard InChI is InChI=1S/C19H22ClN3O6S/c1-29-19(26)12-11(7-6-10(20)18(12)30(21,27)28)22-14-15(17(25)16(14)24)23-13(8-2-3-8)9-4-5-9/h6-9,13,19,22-23,26H,2-5H2,1H3,(H2,21,27,28). The van der Waals surface area contributed by atoms with Crippen LogP contribution in [0.5, 0.6) is 0 Å². The molecule has 0 radical (unpaired) electrons. The number of rotatable bonds is 9. The Bertz CT molecular complexity index is 1150. The van der Waals surface area contributed by atoms with Crippen molar-refractivity contribution in [2.45, 2.75) is 42.9 Å². The molecule has 0 bridgehead atoms. The number of nitrogens with two attached hydrogens (primary N) is 1. The zero-order chi connectivity index (χ0) is 21.8. The lowest BCUT2D eigenvalue weighted by Crippen LogP contribution is -2.40. The van der Waals surface area contributed by atoms with E-state index in [1.807, 2.05) is 0 Å². The fourth-order valence-corrected chi connectivity index (χ4v) is 5.16. The number of anilines is 3. The number of ether oxygens (including phenoxy) is 1. The topological polar surface area (TPSA) is 148 Å². The van der Waals surface area contributed by atoms with Crippen LogP contribution in [0.4, 0.5) is 17.1 Å². The van der Waals surface area contributed by atoms with Crippen molar-refractivity contribution in [3.05, 3.63) is 43.2 Å². The highest BCUT2D eigenvalue weighted by Gasteiger charge is 2.42. The average molecular weight is 456 g/mol. The molecule has 1 atom stereocenters. The van der Waals surface area contributed by atoms with E-state index in [4.69, 9.17) is 21.5 Å². The summed E-state index contributed by atoms with van der Waals surface area (Å²) in [5, 5.41) is 21.3. The maximum Gasteiger partial charge on any atom is 0.253 e. The van der Waals surface area contributed by atoms with E-state index in [1.54, 1.807) is 0 Å². The first-order valence-corrected chi connectivity index (χ1v) is 11.5. The maximum absolute atomic E-state index is 12.3. The molecule has 1 unspecified atom stereocenters. The number of hydrogen-bond donors (Lipinski definition) is 4. The quantitative estimate of drug-likeness (QED) is 0.329. The van der Waals surface area contributed by atoms with E-state index in [0.717, 1.165) is 25.7 Å². The highest BCUT2D eigenvalue weighted by Crippen LogP contribution is 2.46. The van der Waals surface area contributed by atoms with Gasteiger partial charge in [0, 0.05) is 18.8 Å². The van der Waals surface area contributed by atoms with Gasteiger partial charge in [0.25, 0.3) is 10.9 Å². The smallest absolute Gasteiger partial charge is 0.253 e. The summed E-state index contributed by atoms with van der Waals surface area (Å²) in [5.41, 5.74) is -1.37. The number of aliphatic hydroxyl groups excluding tert-OH is 1. The Morgan fingerprint density at radius 3 is 2.20 bits per heavy atom. The van der Waals surface area contributed by atoms with E-state index >= 15 is 0 Å². The molecule has 2 saturated carbocycles. The molecule has 2 aliphatic rings.